The quantitative estimate of drug-likeness (QED) is 0.881. The Labute approximate surface area is 116 Å². The molecule has 1 aromatic heterocycles. The van der Waals surface area contributed by atoms with Gasteiger partial charge in [-0.2, -0.15) is 0 Å². The highest BCUT2D eigenvalue weighted by molar-refractivity contribution is 7.13. The van der Waals surface area contributed by atoms with Crippen molar-refractivity contribution in [2.45, 2.75) is 19.4 Å². The molecule has 2 rings (SSSR count). The molecule has 0 aliphatic rings. The van der Waals surface area contributed by atoms with Crippen molar-refractivity contribution >= 4 is 17.2 Å². The van der Waals surface area contributed by atoms with E-state index < -0.39 is 6.10 Å². The van der Waals surface area contributed by atoms with Crippen molar-refractivity contribution in [1.29, 1.82) is 0 Å². The largest absolute Gasteiger partial charge is 0.388 e. The minimum atomic E-state index is -0.536. The van der Waals surface area contributed by atoms with Gasteiger partial charge in [0.05, 0.1) is 11.0 Å². The molecular weight excluding hydrogens is 258 g/mol. The smallest absolute Gasteiger partial charge is 0.261 e. The summed E-state index contributed by atoms with van der Waals surface area (Å²) in [5.74, 6) is -0.0710. The Morgan fingerprint density at radius 2 is 2.00 bits per heavy atom. The molecule has 1 atom stereocenters. The van der Waals surface area contributed by atoms with Crippen LogP contribution < -0.4 is 5.32 Å². The topological polar surface area (TPSA) is 49.3 Å². The van der Waals surface area contributed by atoms with E-state index in [0.29, 0.717) is 17.8 Å². The van der Waals surface area contributed by atoms with E-state index in [1.54, 1.807) is 0 Å². The number of aliphatic hydroxyl groups is 1. The first-order valence-corrected chi connectivity index (χ1v) is 7.06. The van der Waals surface area contributed by atoms with Crippen LogP contribution in [0, 0.1) is 6.92 Å². The highest BCUT2D eigenvalue weighted by Gasteiger charge is 2.10. The molecule has 0 spiro atoms. The van der Waals surface area contributed by atoms with Crippen molar-refractivity contribution in [3.8, 4) is 0 Å². The van der Waals surface area contributed by atoms with E-state index >= 15 is 0 Å². The third-order valence-corrected chi connectivity index (χ3v) is 3.85. The van der Waals surface area contributed by atoms with E-state index in [4.69, 9.17) is 0 Å². The van der Waals surface area contributed by atoms with Gasteiger partial charge in [0.25, 0.3) is 5.91 Å². The first-order chi connectivity index (χ1) is 9.16. The van der Waals surface area contributed by atoms with Gasteiger partial charge < -0.3 is 10.4 Å². The van der Waals surface area contributed by atoms with Gasteiger partial charge in [-0.1, -0.05) is 30.3 Å². The van der Waals surface area contributed by atoms with Crippen LogP contribution in [0.1, 0.15) is 32.6 Å². The number of carbonyl (C=O) groups is 1. The fourth-order valence-electron chi connectivity index (χ4n) is 1.81. The Balaban J connectivity index is 1.79. The van der Waals surface area contributed by atoms with Crippen molar-refractivity contribution in [1.82, 2.24) is 5.32 Å². The Morgan fingerprint density at radius 3 is 2.63 bits per heavy atom. The molecule has 0 bridgehead atoms. The fourth-order valence-corrected chi connectivity index (χ4v) is 2.59. The number of thiophene rings is 1. The van der Waals surface area contributed by atoms with Crippen LogP contribution in [0.15, 0.2) is 42.5 Å². The molecule has 19 heavy (non-hydrogen) atoms. The van der Waals surface area contributed by atoms with Crippen LogP contribution in [0.25, 0.3) is 0 Å². The minimum Gasteiger partial charge on any atom is -0.388 e. The lowest BCUT2D eigenvalue weighted by Crippen LogP contribution is -2.24. The molecule has 0 aliphatic carbocycles. The zero-order chi connectivity index (χ0) is 13.7. The molecule has 1 unspecified atom stereocenters. The first kappa shape index (κ1) is 13.8. The Kier molecular flexibility index (Phi) is 4.71. The number of carbonyl (C=O) groups excluding carboxylic acids is 1. The van der Waals surface area contributed by atoms with Crippen molar-refractivity contribution < 1.29 is 9.90 Å². The van der Waals surface area contributed by atoms with Gasteiger partial charge in [-0.25, -0.2) is 0 Å². The average molecular weight is 275 g/mol. The maximum atomic E-state index is 11.8. The third kappa shape index (κ3) is 3.91. The SMILES string of the molecule is Cc1ccc(C(=O)NCCC(O)c2ccccc2)s1. The number of amides is 1. The highest BCUT2D eigenvalue weighted by atomic mass is 32.1. The number of rotatable bonds is 5. The monoisotopic (exact) mass is 275 g/mol. The maximum absolute atomic E-state index is 11.8. The summed E-state index contributed by atoms with van der Waals surface area (Å²) in [5.41, 5.74) is 0.878. The molecule has 0 aliphatic heterocycles. The molecule has 0 saturated carbocycles. The fraction of sp³-hybridized carbons (Fsp3) is 0.267. The minimum absolute atomic E-state index is 0.0710. The summed E-state index contributed by atoms with van der Waals surface area (Å²) in [6.07, 6.45) is -0.0216. The van der Waals surface area contributed by atoms with E-state index in [1.807, 2.05) is 49.4 Å². The third-order valence-electron chi connectivity index (χ3n) is 2.85. The lowest BCUT2D eigenvalue weighted by atomic mass is 10.1. The number of hydrogen-bond donors (Lipinski definition) is 2. The van der Waals surface area contributed by atoms with Crippen LogP contribution in [-0.2, 0) is 0 Å². The summed E-state index contributed by atoms with van der Waals surface area (Å²) < 4.78 is 0. The molecule has 0 saturated heterocycles. The molecule has 2 aromatic rings. The molecule has 0 fully saturated rings. The van der Waals surface area contributed by atoms with E-state index in [9.17, 15) is 9.90 Å². The van der Waals surface area contributed by atoms with Gasteiger partial charge in [0.15, 0.2) is 0 Å². The zero-order valence-electron chi connectivity index (χ0n) is 10.8. The predicted octanol–water partition coefficient (Wildman–Crippen LogP) is 2.91. The number of aryl methyl sites for hydroxylation is 1. The lowest BCUT2D eigenvalue weighted by molar-refractivity contribution is 0.0946. The number of nitrogens with one attached hydrogen (secondary N) is 1. The van der Waals surface area contributed by atoms with E-state index in [2.05, 4.69) is 5.32 Å². The number of aliphatic hydroxyl groups excluding tert-OH is 1. The molecule has 0 radical (unpaired) electrons. The van der Waals surface area contributed by atoms with Gasteiger partial charge in [-0.3, -0.25) is 4.79 Å². The van der Waals surface area contributed by atoms with E-state index in [0.717, 1.165) is 10.4 Å². The van der Waals surface area contributed by atoms with Gasteiger partial charge in [0.1, 0.15) is 0 Å². The van der Waals surface area contributed by atoms with Crippen molar-refractivity contribution in [3.63, 3.8) is 0 Å². The van der Waals surface area contributed by atoms with Crippen molar-refractivity contribution in [2.75, 3.05) is 6.54 Å². The van der Waals surface area contributed by atoms with Gasteiger partial charge >= 0.3 is 0 Å². The summed E-state index contributed by atoms with van der Waals surface area (Å²) in [7, 11) is 0. The van der Waals surface area contributed by atoms with Crippen LogP contribution in [0.5, 0.6) is 0 Å². The Hall–Kier alpha value is -1.65. The van der Waals surface area contributed by atoms with E-state index in [-0.39, 0.29) is 5.91 Å². The normalized spacial score (nSPS) is 12.1. The maximum Gasteiger partial charge on any atom is 0.261 e. The molecular formula is C15H17NO2S. The first-order valence-electron chi connectivity index (χ1n) is 6.24. The van der Waals surface area contributed by atoms with Gasteiger partial charge in [-0.05, 0) is 31.0 Å². The van der Waals surface area contributed by atoms with Gasteiger partial charge in [0, 0.05) is 11.4 Å². The summed E-state index contributed by atoms with van der Waals surface area (Å²) in [4.78, 5) is 13.6. The summed E-state index contributed by atoms with van der Waals surface area (Å²) in [6.45, 7) is 2.44. The second-order valence-electron chi connectivity index (χ2n) is 4.38. The Morgan fingerprint density at radius 1 is 1.26 bits per heavy atom. The summed E-state index contributed by atoms with van der Waals surface area (Å²) in [5, 5.41) is 12.8. The van der Waals surface area contributed by atoms with Crippen molar-refractivity contribution in [3.05, 3.63) is 57.8 Å². The van der Waals surface area contributed by atoms with Crippen LogP contribution in [0.4, 0.5) is 0 Å². The van der Waals surface area contributed by atoms with Crippen LogP contribution >= 0.6 is 11.3 Å². The number of hydrogen-bond acceptors (Lipinski definition) is 3. The Bertz CT molecular complexity index is 536. The van der Waals surface area contributed by atoms with Gasteiger partial charge in [-0.15, -0.1) is 11.3 Å². The van der Waals surface area contributed by atoms with Crippen LogP contribution in [0.3, 0.4) is 0 Å². The zero-order valence-corrected chi connectivity index (χ0v) is 11.6. The molecule has 1 heterocycles. The average Bonchev–Trinajstić information content (AvgIpc) is 2.86. The molecule has 1 aromatic carbocycles. The van der Waals surface area contributed by atoms with E-state index in [1.165, 1.54) is 11.3 Å². The molecule has 100 valence electrons. The second-order valence-corrected chi connectivity index (χ2v) is 5.67. The van der Waals surface area contributed by atoms with Crippen molar-refractivity contribution in [2.24, 2.45) is 0 Å². The molecule has 2 N–H and O–H groups in total. The standard InChI is InChI=1S/C15H17NO2S/c1-11-7-8-14(19-11)15(18)16-10-9-13(17)12-5-3-2-4-6-12/h2-8,13,17H,9-10H2,1H3,(H,16,18). The number of benzene rings is 1. The molecule has 1 amide bonds. The van der Waals surface area contributed by atoms with Gasteiger partial charge in [0.2, 0.25) is 0 Å². The summed E-state index contributed by atoms with van der Waals surface area (Å²) in [6, 6.07) is 13.2. The summed E-state index contributed by atoms with van der Waals surface area (Å²) >= 11 is 1.48. The molecule has 3 nitrogen and oxygen atoms in total. The van der Waals surface area contributed by atoms with Crippen LogP contribution in [0.2, 0.25) is 0 Å². The molecule has 4 heteroatoms. The lowest BCUT2D eigenvalue weighted by Gasteiger charge is -2.11. The second kappa shape index (κ2) is 6.50. The predicted molar refractivity (Wildman–Crippen MR) is 77.4 cm³/mol. The van der Waals surface area contributed by atoms with Crippen LogP contribution in [-0.4, -0.2) is 17.6 Å². The highest BCUT2D eigenvalue weighted by Crippen LogP contribution is 2.16.